The number of ether oxygens (including phenoxy) is 1. The van der Waals surface area contributed by atoms with Gasteiger partial charge in [0.05, 0.1) is 19.1 Å². The SMILES string of the molecule is C[S+](C)CCOCCl. The van der Waals surface area contributed by atoms with Gasteiger partial charge < -0.3 is 4.74 Å². The molecule has 0 saturated heterocycles. The van der Waals surface area contributed by atoms with Crippen molar-refractivity contribution in [2.24, 2.45) is 0 Å². The highest BCUT2D eigenvalue weighted by Crippen LogP contribution is 1.85. The smallest absolute Gasteiger partial charge is 0.130 e. The lowest BCUT2D eigenvalue weighted by Crippen LogP contribution is -2.08. The number of hydrogen-bond donors (Lipinski definition) is 0. The van der Waals surface area contributed by atoms with Crippen LogP contribution in [0.5, 0.6) is 0 Å². The maximum absolute atomic E-state index is 5.27. The van der Waals surface area contributed by atoms with Crippen LogP contribution in [-0.2, 0) is 15.6 Å². The zero-order valence-electron chi connectivity index (χ0n) is 5.32. The van der Waals surface area contributed by atoms with E-state index in [0.29, 0.717) is 17.0 Å². The summed E-state index contributed by atoms with van der Waals surface area (Å²) in [5, 5.41) is 0. The first kappa shape index (κ1) is 8.60. The fraction of sp³-hybridized carbons (Fsp3) is 1.00. The fourth-order valence-corrected chi connectivity index (χ4v) is 0.840. The minimum Gasteiger partial charge on any atom is -0.361 e. The number of alkyl halides is 1. The predicted octanol–water partition coefficient (Wildman–Crippen LogP) is 1.08. The minimum atomic E-state index is 0.331. The summed E-state index contributed by atoms with van der Waals surface area (Å²) in [6, 6.07) is 0.331. The van der Waals surface area contributed by atoms with Gasteiger partial charge in [0, 0.05) is 0 Å². The van der Waals surface area contributed by atoms with Gasteiger partial charge in [-0.3, -0.25) is 0 Å². The van der Waals surface area contributed by atoms with Crippen molar-refractivity contribution in [3.8, 4) is 0 Å². The Hall–Kier alpha value is 0.600. The second kappa shape index (κ2) is 5.73. The second-order valence-corrected chi connectivity index (χ2v) is 4.30. The Morgan fingerprint density at radius 2 is 2.12 bits per heavy atom. The van der Waals surface area contributed by atoms with E-state index in [1.807, 2.05) is 0 Å². The van der Waals surface area contributed by atoms with Gasteiger partial charge >= 0.3 is 0 Å². The van der Waals surface area contributed by atoms with Crippen molar-refractivity contribution >= 4 is 22.5 Å². The second-order valence-electron chi connectivity index (χ2n) is 1.71. The topological polar surface area (TPSA) is 9.23 Å². The van der Waals surface area contributed by atoms with Crippen LogP contribution < -0.4 is 0 Å². The van der Waals surface area contributed by atoms with Gasteiger partial charge in [0.25, 0.3) is 0 Å². The Morgan fingerprint density at radius 1 is 1.50 bits per heavy atom. The monoisotopic (exact) mass is 155 g/mol. The van der Waals surface area contributed by atoms with Crippen molar-refractivity contribution in [2.45, 2.75) is 0 Å². The molecule has 0 spiro atoms. The highest BCUT2D eigenvalue weighted by molar-refractivity contribution is 7.95. The molecule has 1 nitrogen and oxygen atoms in total. The number of halogens is 1. The van der Waals surface area contributed by atoms with E-state index in [4.69, 9.17) is 16.3 Å². The van der Waals surface area contributed by atoms with Crippen LogP contribution in [0.25, 0.3) is 0 Å². The third-order valence-electron chi connectivity index (χ3n) is 0.713. The molecule has 0 bridgehead atoms. The Bertz CT molecular complexity index is 49.7. The third kappa shape index (κ3) is 6.60. The molecule has 3 heteroatoms. The van der Waals surface area contributed by atoms with Gasteiger partial charge in [-0.1, -0.05) is 11.6 Å². The molecule has 0 N–H and O–H groups in total. The molecule has 0 aliphatic heterocycles. The van der Waals surface area contributed by atoms with E-state index < -0.39 is 0 Å². The van der Waals surface area contributed by atoms with Crippen molar-refractivity contribution in [2.75, 3.05) is 30.9 Å². The summed E-state index contributed by atoms with van der Waals surface area (Å²) in [6.45, 7) is 0.805. The maximum atomic E-state index is 5.27. The first-order chi connectivity index (χ1) is 3.77. The normalized spacial score (nSPS) is 10.5. The molecule has 0 aliphatic carbocycles. The average molecular weight is 156 g/mol. The van der Waals surface area contributed by atoms with Crippen LogP contribution in [0.1, 0.15) is 0 Å². The van der Waals surface area contributed by atoms with E-state index in [-0.39, 0.29) is 0 Å². The summed E-state index contributed by atoms with van der Waals surface area (Å²) in [7, 11) is 0.499. The van der Waals surface area contributed by atoms with Gasteiger partial charge in [0.2, 0.25) is 0 Å². The van der Waals surface area contributed by atoms with Gasteiger partial charge in [-0.25, -0.2) is 0 Å². The summed E-state index contributed by atoms with van der Waals surface area (Å²) in [6.07, 6.45) is 4.38. The quantitative estimate of drug-likeness (QED) is 0.336. The molecule has 0 aromatic rings. The number of hydrogen-bond acceptors (Lipinski definition) is 1. The average Bonchev–Trinajstić information content (AvgIpc) is 1.66. The third-order valence-corrected chi connectivity index (χ3v) is 1.85. The van der Waals surface area contributed by atoms with Crippen LogP contribution in [0.4, 0.5) is 0 Å². The summed E-state index contributed by atoms with van der Waals surface area (Å²) in [5.41, 5.74) is 0. The molecular weight excluding hydrogens is 144 g/mol. The molecule has 0 unspecified atom stereocenters. The van der Waals surface area contributed by atoms with Crippen molar-refractivity contribution < 1.29 is 4.74 Å². The largest absolute Gasteiger partial charge is 0.361 e. The van der Waals surface area contributed by atoms with E-state index >= 15 is 0 Å². The van der Waals surface area contributed by atoms with Gasteiger partial charge in [0.15, 0.2) is 0 Å². The Labute approximate surface area is 58.7 Å². The Kier molecular flexibility index (Phi) is 6.16. The highest BCUT2D eigenvalue weighted by atomic mass is 35.5. The molecule has 50 valence electrons. The molecule has 0 fully saturated rings. The van der Waals surface area contributed by atoms with Crippen LogP contribution in [0.3, 0.4) is 0 Å². The molecule has 0 atom stereocenters. The lowest BCUT2D eigenvalue weighted by Gasteiger charge is -1.95. The fourth-order valence-electron chi connectivity index (χ4n) is 0.280. The van der Waals surface area contributed by atoms with Gasteiger partial charge in [0.1, 0.15) is 11.8 Å². The number of rotatable bonds is 4. The summed E-state index contributed by atoms with van der Waals surface area (Å²) >= 11 is 5.27. The van der Waals surface area contributed by atoms with Gasteiger partial charge in [-0.05, 0) is 10.9 Å². The summed E-state index contributed by atoms with van der Waals surface area (Å²) < 4.78 is 4.92. The molecule has 0 radical (unpaired) electrons. The first-order valence-electron chi connectivity index (χ1n) is 2.45. The van der Waals surface area contributed by atoms with Gasteiger partial charge in [-0.15, -0.1) is 0 Å². The predicted molar refractivity (Wildman–Crippen MR) is 40.8 cm³/mol. The molecule has 0 aromatic heterocycles. The molecule has 0 rings (SSSR count). The first-order valence-corrected chi connectivity index (χ1v) is 5.19. The van der Waals surface area contributed by atoms with Gasteiger partial charge in [-0.2, -0.15) is 0 Å². The van der Waals surface area contributed by atoms with Crippen molar-refractivity contribution in [1.82, 2.24) is 0 Å². The Balaban J connectivity index is 2.72. The van der Waals surface area contributed by atoms with Crippen LogP contribution in [-0.4, -0.2) is 30.9 Å². The molecule has 0 heterocycles. The van der Waals surface area contributed by atoms with E-state index in [1.54, 1.807) is 0 Å². The summed E-state index contributed by atoms with van der Waals surface area (Å²) in [4.78, 5) is 0. The van der Waals surface area contributed by atoms with E-state index in [1.165, 1.54) is 0 Å². The van der Waals surface area contributed by atoms with Crippen LogP contribution in [0.2, 0.25) is 0 Å². The van der Waals surface area contributed by atoms with Crippen LogP contribution in [0, 0.1) is 0 Å². The molecule has 8 heavy (non-hydrogen) atoms. The molecule has 0 aliphatic rings. The van der Waals surface area contributed by atoms with E-state index in [2.05, 4.69) is 12.5 Å². The lowest BCUT2D eigenvalue weighted by molar-refractivity contribution is 0.198. The minimum absolute atomic E-state index is 0.331. The zero-order valence-corrected chi connectivity index (χ0v) is 6.89. The summed E-state index contributed by atoms with van der Waals surface area (Å²) in [5.74, 6) is 1.13. The van der Waals surface area contributed by atoms with Crippen molar-refractivity contribution in [1.29, 1.82) is 0 Å². The standard InChI is InChI=1S/C5H12ClOS/c1-8(2)4-3-7-5-6/h3-5H2,1-2H3/q+1. The van der Waals surface area contributed by atoms with Crippen LogP contribution in [0.15, 0.2) is 0 Å². The molecule has 0 amide bonds. The maximum Gasteiger partial charge on any atom is 0.130 e. The molecule has 0 aromatic carbocycles. The molecule has 0 saturated carbocycles. The van der Waals surface area contributed by atoms with Crippen molar-refractivity contribution in [3.05, 3.63) is 0 Å². The van der Waals surface area contributed by atoms with Crippen LogP contribution >= 0.6 is 11.6 Å². The zero-order chi connectivity index (χ0) is 6.41. The van der Waals surface area contributed by atoms with E-state index in [0.717, 1.165) is 12.4 Å². The Morgan fingerprint density at radius 3 is 2.50 bits per heavy atom. The highest BCUT2D eigenvalue weighted by Gasteiger charge is 1.99. The van der Waals surface area contributed by atoms with Crippen molar-refractivity contribution in [3.63, 3.8) is 0 Å². The molecular formula is C5H12ClOS+. The van der Waals surface area contributed by atoms with E-state index in [9.17, 15) is 0 Å². The lowest BCUT2D eigenvalue weighted by atomic mass is 10.9.